The summed E-state index contributed by atoms with van der Waals surface area (Å²) in [5.41, 5.74) is 1.28. The number of halogens is 1. The molecular weight excluding hydrogens is 292 g/mol. The first-order valence-electron chi connectivity index (χ1n) is 5.76. The number of hydrogen-bond acceptors (Lipinski definition) is 3. The molecule has 4 heteroatoms. The molecule has 0 aliphatic heterocycles. The molecule has 0 aliphatic carbocycles. The Balaban J connectivity index is 1.84. The fourth-order valence-electron chi connectivity index (χ4n) is 1.63. The number of anilines is 1. The summed E-state index contributed by atoms with van der Waals surface area (Å²) in [5.74, 6) is 1.78. The van der Waals surface area contributed by atoms with Crippen LogP contribution in [0.5, 0.6) is 5.75 Å². The summed E-state index contributed by atoms with van der Waals surface area (Å²) in [6.45, 7) is 0.857. The fraction of sp³-hybridized carbons (Fsp3) is 0.214. The standard InChI is InChI=1S/C14H15BrN2O/c1-18-13-4-2-11(3-5-13)6-8-16-14-10-12(15)7-9-17-14/h2-5,7,9-10H,6,8H2,1H3,(H,16,17). The van der Waals surface area contributed by atoms with Gasteiger partial charge in [0.2, 0.25) is 0 Å². The number of hydrogen-bond donors (Lipinski definition) is 1. The monoisotopic (exact) mass is 306 g/mol. The molecule has 1 N–H and O–H groups in total. The number of pyridine rings is 1. The third kappa shape index (κ3) is 3.74. The summed E-state index contributed by atoms with van der Waals surface area (Å²) in [7, 11) is 1.68. The van der Waals surface area contributed by atoms with Crippen LogP contribution in [0.15, 0.2) is 47.1 Å². The van der Waals surface area contributed by atoms with Gasteiger partial charge >= 0.3 is 0 Å². The summed E-state index contributed by atoms with van der Waals surface area (Å²) in [6, 6.07) is 12.0. The molecule has 0 spiro atoms. The van der Waals surface area contributed by atoms with E-state index in [0.29, 0.717) is 0 Å². The SMILES string of the molecule is COc1ccc(CCNc2cc(Br)ccn2)cc1. The minimum Gasteiger partial charge on any atom is -0.497 e. The third-order valence-corrected chi connectivity index (χ3v) is 3.09. The highest BCUT2D eigenvalue weighted by Gasteiger charge is 1.97. The van der Waals surface area contributed by atoms with Gasteiger partial charge in [-0.25, -0.2) is 4.98 Å². The second-order valence-corrected chi connectivity index (χ2v) is 4.80. The van der Waals surface area contributed by atoms with Gasteiger partial charge in [-0.05, 0) is 36.2 Å². The molecule has 2 aromatic rings. The van der Waals surface area contributed by atoms with Crippen LogP contribution in [0, 0.1) is 0 Å². The van der Waals surface area contributed by atoms with Gasteiger partial charge in [0.05, 0.1) is 7.11 Å². The maximum atomic E-state index is 5.13. The van der Waals surface area contributed by atoms with Crippen LogP contribution < -0.4 is 10.1 Å². The smallest absolute Gasteiger partial charge is 0.127 e. The summed E-state index contributed by atoms with van der Waals surface area (Å²) < 4.78 is 6.16. The first kappa shape index (κ1) is 12.9. The van der Waals surface area contributed by atoms with Crippen molar-refractivity contribution in [2.75, 3.05) is 19.0 Å². The lowest BCUT2D eigenvalue weighted by Crippen LogP contribution is -2.06. The first-order chi connectivity index (χ1) is 8.78. The van der Waals surface area contributed by atoms with E-state index in [1.54, 1.807) is 13.3 Å². The number of nitrogens with one attached hydrogen (secondary N) is 1. The predicted octanol–water partition coefficient (Wildman–Crippen LogP) is 3.51. The van der Waals surface area contributed by atoms with Crippen molar-refractivity contribution in [2.45, 2.75) is 6.42 Å². The highest BCUT2D eigenvalue weighted by molar-refractivity contribution is 9.10. The van der Waals surface area contributed by atoms with Gasteiger partial charge in [0.1, 0.15) is 11.6 Å². The van der Waals surface area contributed by atoms with Gasteiger partial charge in [0.15, 0.2) is 0 Å². The van der Waals surface area contributed by atoms with Crippen LogP contribution >= 0.6 is 15.9 Å². The van der Waals surface area contributed by atoms with Gasteiger partial charge in [-0.15, -0.1) is 0 Å². The van der Waals surface area contributed by atoms with Crippen molar-refractivity contribution in [3.05, 3.63) is 52.6 Å². The van der Waals surface area contributed by atoms with Gasteiger partial charge < -0.3 is 10.1 Å². The molecular formula is C14H15BrN2O. The molecule has 0 saturated heterocycles. The molecule has 0 atom stereocenters. The Morgan fingerprint density at radius 1 is 1.22 bits per heavy atom. The minimum atomic E-state index is 0.857. The topological polar surface area (TPSA) is 34.1 Å². The summed E-state index contributed by atoms with van der Waals surface area (Å²) in [5, 5.41) is 3.29. The molecule has 0 aliphatic rings. The molecule has 0 unspecified atom stereocenters. The number of methoxy groups -OCH3 is 1. The second-order valence-electron chi connectivity index (χ2n) is 3.88. The van der Waals surface area contributed by atoms with Crippen molar-refractivity contribution in [1.29, 1.82) is 0 Å². The number of aromatic nitrogens is 1. The molecule has 0 fully saturated rings. The van der Waals surface area contributed by atoms with Gasteiger partial charge in [0.25, 0.3) is 0 Å². The average Bonchev–Trinajstić information content (AvgIpc) is 2.40. The Morgan fingerprint density at radius 2 is 2.00 bits per heavy atom. The van der Waals surface area contributed by atoms with Crippen LogP contribution in [0.2, 0.25) is 0 Å². The van der Waals surface area contributed by atoms with Gasteiger partial charge in [-0.1, -0.05) is 28.1 Å². The van der Waals surface area contributed by atoms with Crippen LogP contribution in [-0.2, 0) is 6.42 Å². The van der Waals surface area contributed by atoms with Gasteiger partial charge in [-0.2, -0.15) is 0 Å². The first-order valence-corrected chi connectivity index (χ1v) is 6.55. The molecule has 0 saturated carbocycles. The van der Waals surface area contributed by atoms with E-state index in [1.165, 1.54) is 5.56 Å². The number of benzene rings is 1. The van der Waals surface area contributed by atoms with E-state index < -0.39 is 0 Å². The van der Waals surface area contributed by atoms with Crippen molar-refractivity contribution in [3.63, 3.8) is 0 Å². The van der Waals surface area contributed by atoms with Crippen LogP contribution in [0.25, 0.3) is 0 Å². The molecule has 1 aromatic heterocycles. The summed E-state index contributed by atoms with van der Waals surface area (Å²) in [4.78, 5) is 4.24. The Kier molecular flexibility index (Phi) is 4.59. The van der Waals surface area contributed by atoms with Crippen molar-refractivity contribution in [2.24, 2.45) is 0 Å². The highest BCUT2D eigenvalue weighted by Crippen LogP contribution is 2.14. The minimum absolute atomic E-state index is 0.857. The molecule has 1 aromatic carbocycles. The quantitative estimate of drug-likeness (QED) is 0.918. The molecule has 0 radical (unpaired) electrons. The summed E-state index contributed by atoms with van der Waals surface area (Å²) >= 11 is 3.42. The van der Waals surface area contributed by atoms with Gasteiger partial charge in [0, 0.05) is 17.2 Å². The predicted molar refractivity (Wildman–Crippen MR) is 77.1 cm³/mol. The second kappa shape index (κ2) is 6.40. The maximum absolute atomic E-state index is 5.13. The number of rotatable bonds is 5. The lowest BCUT2D eigenvalue weighted by Gasteiger charge is -2.06. The van der Waals surface area contributed by atoms with Crippen molar-refractivity contribution in [1.82, 2.24) is 4.98 Å². The lowest BCUT2D eigenvalue weighted by molar-refractivity contribution is 0.414. The molecule has 2 rings (SSSR count). The summed E-state index contributed by atoms with van der Waals surface area (Å²) in [6.07, 6.45) is 2.73. The van der Waals surface area contributed by atoms with Crippen LogP contribution in [0.3, 0.4) is 0 Å². The van der Waals surface area contributed by atoms with E-state index in [2.05, 4.69) is 38.4 Å². The van der Waals surface area contributed by atoms with Crippen molar-refractivity contribution < 1.29 is 4.74 Å². The molecule has 3 nitrogen and oxygen atoms in total. The van der Waals surface area contributed by atoms with Crippen molar-refractivity contribution in [3.8, 4) is 5.75 Å². The Labute approximate surface area is 115 Å². The fourth-order valence-corrected chi connectivity index (χ4v) is 1.96. The molecule has 94 valence electrons. The Morgan fingerprint density at radius 3 is 2.67 bits per heavy atom. The molecule has 0 bridgehead atoms. The zero-order valence-corrected chi connectivity index (χ0v) is 11.8. The highest BCUT2D eigenvalue weighted by atomic mass is 79.9. The molecule has 1 heterocycles. The zero-order valence-electron chi connectivity index (χ0n) is 10.2. The normalized spacial score (nSPS) is 10.1. The molecule has 18 heavy (non-hydrogen) atoms. The van der Waals surface area contributed by atoms with Crippen LogP contribution in [0.1, 0.15) is 5.56 Å². The Hall–Kier alpha value is -1.55. The number of nitrogens with zero attached hydrogens (tertiary/aromatic N) is 1. The zero-order chi connectivity index (χ0) is 12.8. The van der Waals surface area contributed by atoms with E-state index in [-0.39, 0.29) is 0 Å². The van der Waals surface area contributed by atoms with E-state index in [9.17, 15) is 0 Å². The Bertz CT molecular complexity index is 499. The van der Waals surface area contributed by atoms with Crippen LogP contribution in [-0.4, -0.2) is 18.6 Å². The number of ether oxygens (including phenoxy) is 1. The van der Waals surface area contributed by atoms with E-state index >= 15 is 0 Å². The van der Waals surface area contributed by atoms with Gasteiger partial charge in [-0.3, -0.25) is 0 Å². The maximum Gasteiger partial charge on any atom is 0.127 e. The van der Waals surface area contributed by atoms with E-state index in [0.717, 1.165) is 29.0 Å². The third-order valence-electron chi connectivity index (χ3n) is 2.60. The lowest BCUT2D eigenvalue weighted by atomic mass is 10.1. The van der Waals surface area contributed by atoms with Crippen LogP contribution in [0.4, 0.5) is 5.82 Å². The van der Waals surface area contributed by atoms with Crippen molar-refractivity contribution >= 4 is 21.7 Å². The molecule has 0 amide bonds. The average molecular weight is 307 g/mol. The van der Waals surface area contributed by atoms with E-state index in [1.807, 2.05) is 24.3 Å². The largest absolute Gasteiger partial charge is 0.497 e. The van der Waals surface area contributed by atoms with E-state index in [4.69, 9.17) is 4.74 Å².